The van der Waals surface area contributed by atoms with Crippen molar-refractivity contribution in [3.8, 4) is 0 Å². The number of likely N-dealkylation sites (tertiary alicyclic amines) is 1. The Morgan fingerprint density at radius 1 is 1.52 bits per heavy atom. The quantitative estimate of drug-likeness (QED) is 0.771. The minimum absolute atomic E-state index is 0.0396. The standard InChI is InChI=1S/C14H17BrN4O2/c1-3-12(20)18(2)9-13(21)19-6-4-5-11(19)14-16-7-10(15)8-17-14/h3,7-8,11H,1,4-6,9H2,2H3. The second kappa shape index (κ2) is 6.80. The van der Waals surface area contributed by atoms with Crippen LogP contribution in [0.25, 0.3) is 0 Å². The summed E-state index contributed by atoms with van der Waals surface area (Å²) in [6.45, 7) is 4.12. The highest BCUT2D eigenvalue weighted by Crippen LogP contribution is 2.29. The Bertz CT molecular complexity index is 546. The van der Waals surface area contributed by atoms with Crippen LogP contribution in [0.4, 0.5) is 0 Å². The van der Waals surface area contributed by atoms with Crippen molar-refractivity contribution >= 4 is 27.7 Å². The van der Waals surface area contributed by atoms with Gasteiger partial charge in [-0.15, -0.1) is 0 Å². The molecule has 0 saturated carbocycles. The van der Waals surface area contributed by atoms with Gasteiger partial charge in [0.05, 0.1) is 17.1 Å². The van der Waals surface area contributed by atoms with Crippen molar-refractivity contribution in [1.29, 1.82) is 0 Å². The van der Waals surface area contributed by atoms with E-state index in [4.69, 9.17) is 0 Å². The topological polar surface area (TPSA) is 66.4 Å². The van der Waals surface area contributed by atoms with Crippen molar-refractivity contribution in [2.45, 2.75) is 18.9 Å². The number of aromatic nitrogens is 2. The van der Waals surface area contributed by atoms with Crippen LogP contribution in [0.3, 0.4) is 0 Å². The van der Waals surface area contributed by atoms with E-state index in [1.807, 2.05) is 0 Å². The van der Waals surface area contributed by atoms with Gasteiger partial charge in [-0.25, -0.2) is 9.97 Å². The zero-order chi connectivity index (χ0) is 15.4. The number of rotatable bonds is 4. The van der Waals surface area contributed by atoms with Crippen LogP contribution in [0, 0.1) is 0 Å². The molecule has 0 aliphatic carbocycles. The van der Waals surface area contributed by atoms with Gasteiger partial charge < -0.3 is 9.80 Å². The normalized spacial score (nSPS) is 17.6. The first-order chi connectivity index (χ1) is 10.0. The predicted molar refractivity (Wildman–Crippen MR) is 81.3 cm³/mol. The molecule has 1 aromatic heterocycles. The summed E-state index contributed by atoms with van der Waals surface area (Å²) in [5.74, 6) is 0.280. The lowest BCUT2D eigenvalue weighted by atomic mass is 10.2. The predicted octanol–water partition coefficient (Wildman–Crippen LogP) is 1.55. The van der Waals surface area contributed by atoms with Crippen molar-refractivity contribution in [1.82, 2.24) is 19.8 Å². The van der Waals surface area contributed by atoms with E-state index in [-0.39, 0.29) is 24.4 Å². The highest BCUT2D eigenvalue weighted by Gasteiger charge is 2.32. The molecule has 1 aliphatic rings. The summed E-state index contributed by atoms with van der Waals surface area (Å²) in [4.78, 5) is 35.5. The van der Waals surface area contributed by atoms with Gasteiger partial charge in [0, 0.05) is 26.0 Å². The molecule has 2 heterocycles. The summed E-state index contributed by atoms with van der Waals surface area (Å²) >= 11 is 3.30. The van der Waals surface area contributed by atoms with Crippen LogP contribution in [0.15, 0.2) is 29.5 Å². The highest BCUT2D eigenvalue weighted by molar-refractivity contribution is 9.10. The van der Waals surface area contributed by atoms with E-state index in [2.05, 4.69) is 32.5 Å². The zero-order valence-electron chi connectivity index (χ0n) is 11.8. The van der Waals surface area contributed by atoms with Gasteiger partial charge >= 0.3 is 0 Å². The van der Waals surface area contributed by atoms with Crippen molar-refractivity contribution in [3.63, 3.8) is 0 Å². The Morgan fingerprint density at radius 2 is 2.19 bits per heavy atom. The summed E-state index contributed by atoms with van der Waals surface area (Å²) < 4.78 is 0.804. The summed E-state index contributed by atoms with van der Waals surface area (Å²) in [6, 6.07) is -0.113. The van der Waals surface area contributed by atoms with Crippen LogP contribution in [0.1, 0.15) is 24.7 Å². The maximum atomic E-state index is 12.4. The number of hydrogen-bond donors (Lipinski definition) is 0. The molecule has 0 bridgehead atoms. The van der Waals surface area contributed by atoms with Crippen molar-refractivity contribution in [3.05, 3.63) is 35.3 Å². The lowest BCUT2D eigenvalue weighted by molar-refractivity contribution is -0.138. The number of carbonyl (C=O) groups is 2. The summed E-state index contributed by atoms with van der Waals surface area (Å²) in [6.07, 6.45) is 6.31. The molecule has 1 aliphatic heterocycles. The first kappa shape index (κ1) is 15.6. The molecule has 2 rings (SSSR count). The Morgan fingerprint density at radius 3 is 2.81 bits per heavy atom. The number of hydrogen-bond acceptors (Lipinski definition) is 4. The number of carbonyl (C=O) groups excluding carboxylic acids is 2. The van der Waals surface area contributed by atoms with Crippen LogP contribution < -0.4 is 0 Å². The minimum Gasteiger partial charge on any atom is -0.333 e. The number of nitrogens with zero attached hydrogens (tertiary/aromatic N) is 4. The van der Waals surface area contributed by atoms with Crippen LogP contribution in [0.2, 0.25) is 0 Å². The van der Waals surface area contributed by atoms with Gasteiger partial charge in [-0.3, -0.25) is 9.59 Å². The molecule has 0 aromatic carbocycles. The number of likely N-dealkylation sites (N-methyl/N-ethyl adjacent to an activating group) is 1. The van der Waals surface area contributed by atoms with Crippen molar-refractivity contribution in [2.24, 2.45) is 0 Å². The average Bonchev–Trinajstić information content (AvgIpc) is 2.96. The van der Waals surface area contributed by atoms with Gasteiger partial charge in [0.15, 0.2) is 5.82 Å². The summed E-state index contributed by atoms with van der Waals surface area (Å²) in [5.41, 5.74) is 0. The number of amides is 2. The third kappa shape index (κ3) is 3.66. The maximum absolute atomic E-state index is 12.4. The largest absolute Gasteiger partial charge is 0.333 e. The van der Waals surface area contributed by atoms with Gasteiger partial charge in [-0.05, 0) is 34.8 Å². The molecule has 1 atom stereocenters. The average molecular weight is 353 g/mol. The maximum Gasteiger partial charge on any atom is 0.246 e. The van der Waals surface area contributed by atoms with Crippen LogP contribution >= 0.6 is 15.9 Å². The fourth-order valence-electron chi connectivity index (χ4n) is 2.36. The molecule has 1 aromatic rings. The third-order valence-electron chi connectivity index (χ3n) is 3.43. The fourth-order valence-corrected chi connectivity index (χ4v) is 2.56. The van der Waals surface area contributed by atoms with E-state index < -0.39 is 0 Å². The lowest BCUT2D eigenvalue weighted by Crippen LogP contribution is -2.40. The van der Waals surface area contributed by atoms with E-state index in [1.54, 1.807) is 24.3 Å². The van der Waals surface area contributed by atoms with E-state index in [1.165, 1.54) is 11.0 Å². The first-order valence-electron chi connectivity index (χ1n) is 6.67. The number of halogens is 1. The van der Waals surface area contributed by atoms with Crippen molar-refractivity contribution in [2.75, 3.05) is 20.1 Å². The molecule has 6 nitrogen and oxygen atoms in total. The lowest BCUT2D eigenvalue weighted by Gasteiger charge is -2.25. The smallest absolute Gasteiger partial charge is 0.246 e. The molecule has 1 fully saturated rings. The Balaban J connectivity index is 2.07. The monoisotopic (exact) mass is 352 g/mol. The second-order valence-corrected chi connectivity index (χ2v) is 5.82. The molecule has 0 spiro atoms. The van der Waals surface area contributed by atoms with E-state index in [0.717, 1.165) is 17.3 Å². The Hall–Kier alpha value is -1.76. The highest BCUT2D eigenvalue weighted by atomic mass is 79.9. The molecule has 0 N–H and O–H groups in total. The fraction of sp³-hybridized carbons (Fsp3) is 0.429. The minimum atomic E-state index is -0.265. The van der Waals surface area contributed by atoms with Gasteiger partial charge in [0.1, 0.15) is 0 Å². The molecule has 112 valence electrons. The van der Waals surface area contributed by atoms with Gasteiger partial charge in [-0.1, -0.05) is 6.58 Å². The van der Waals surface area contributed by atoms with Gasteiger partial charge in [0.2, 0.25) is 11.8 Å². The van der Waals surface area contributed by atoms with Crippen LogP contribution in [-0.2, 0) is 9.59 Å². The molecule has 1 saturated heterocycles. The second-order valence-electron chi connectivity index (χ2n) is 4.90. The molecular weight excluding hydrogens is 336 g/mol. The van der Waals surface area contributed by atoms with Crippen molar-refractivity contribution < 1.29 is 9.59 Å². The Labute approximate surface area is 132 Å². The molecule has 2 amide bonds. The SMILES string of the molecule is C=CC(=O)N(C)CC(=O)N1CCCC1c1ncc(Br)cn1. The van der Waals surface area contributed by atoms with Gasteiger partial charge in [0.25, 0.3) is 0 Å². The van der Waals surface area contributed by atoms with Gasteiger partial charge in [-0.2, -0.15) is 0 Å². The third-order valence-corrected chi connectivity index (χ3v) is 3.84. The summed E-state index contributed by atoms with van der Waals surface area (Å²) in [7, 11) is 1.59. The van der Waals surface area contributed by atoms with Crippen LogP contribution in [0.5, 0.6) is 0 Å². The van der Waals surface area contributed by atoms with E-state index >= 15 is 0 Å². The summed E-state index contributed by atoms with van der Waals surface area (Å²) in [5, 5.41) is 0. The zero-order valence-corrected chi connectivity index (χ0v) is 13.4. The van der Waals surface area contributed by atoms with E-state index in [0.29, 0.717) is 12.4 Å². The molecule has 21 heavy (non-hydrogen) atoms. The van der Waals surface area contributed by atoms with E-state index in [9.17, 15) is 9.59 Å². The first-order valence-corrected chi connectivity index (χ1v) is 7.46. The van der Waals surface area contributed by atoms with Crippen LogP contribution in [-0.4, -0.2) is 51.7 Å². The molecular formula is C14H17BrN4O2. The molecule has 1 unspecified atom stereocenters. The molecule has 7 heteroatoms. The molecule has 0 radical (unpaired) electrons. The Kier molecular flexibility index (Phi) is 5.06.